The number of carbonyl (C=O) groups is 1. The van der Waals surface area contributed by atoms with Crippen molar-refractivity contribution in [2.24, 2.45) is 0 Å². The van der Waals surface area contributed by atoms with E-state index in [1.807, 2.05) is 19.9 Å². The number of hydrogen-bond donors (Lipinski definition) is 0. The summed E-state index contributed by atoms with van der Waals surface area (Å²) in [4.78, 5) is 25.2. The van der Waals surface area contributed by atoms with E-state index in [0.717, 1.165) is 11.5 Å². The van der Waals surface area contributed by atoms with Gasteiger partial charge in [-0.25, -0.2) is 4.98 Å². The fraction of sp³-hybridized carbons (Fsp3) is 0.438. The second-order valence-corrected chi connectivity index (χ2v) is 6.60. The number of nitrogens with zero attached hydrogens (tertiary/aromatic N) is 8. The van der Waals surface area contributed by atoms with Gasteiger partial charge in [-0.15, -0.1) is 0 Å². The molecule has 1 fully saturated rings. The van der Waals surface area contributed by atoms with Crippen LogP contribution in [0.1, 0.15) is 23.1 Å². The highest BCUT2D eigenvalue weighted by Gasteiger charge is 2.27. The van der Waals surface area contributed by atoms with Crippen LogP contribution in [0.3, 0.4) is 0 Å². The van der Waals surface area contributed by atoms with Gasteiger partial charge < -0.3 is 9.80 Å². The fourth-order valence-corrected chi connectivity index (χ4v) is 3.36. The fourth-order valence-electron chi connectivity index (χ4n) is 3.13. The topological polar surface area (TPSA) is 84.5 Å². The summed E-state index contributed by atoms with van der Waals surface area (Å²) in [5.41, 5.74) is 1.20. The van der Waals surface area contributed by atoms with Crippen molar-refractivity contribution in [3.63, 3.8) is 0 Å². The monoisotopic (exact) mass is 374 g/mol. The number of halogens is 1. The number of fused-ring (bicyclic) bond motifs is 1. The molecule has 26 heavy (non-hydrogen) atoms. The van der Waals surface area contributed by atoms with Gasteiger partial charge in [0.2, 0.25) is 0 Å². The minimum atomic E-state index is -0.126. The van der Waals surface area contributed by atoms with Crippen molar-refractivity contribution < 1.29 is 4.79 Å². The van der Waals surface area contributed by atoms with E-state index in [1.165, 1.54) is 6.33 Å². The normalized spacial score (nSPS) is 15.0. The Bertz CT molecular complexity index is 956. The van der Waals surface area contributed by atoms with E-state index in [1.54, 1.807) is 20.3 Å². The van der Waals surface area contributed by atoms with E-state index < -0.39 is 0 Å². The molecule has 1 aliphatic heterocycles. The van der Waals surface area contributed by atoms with E-state index in [2.05, 4.69) is 25.1 Å². The van der Waals surface area contributed by atoms with Gasteiger partial charge in [0, 0.05) is 50.7 Å². The Morgan fingerprint density at radius 3 is 2.73 bits per heavy atom. The van der Waals surface area contributed by atoms with Gasteiger partial charge in [-0.1, -0.05) is 11.6 Å². The first-order valence-electron chi connectivity index (χ1n) is 8.51. The molecule has 0 spiro atoms. The molecule has 1 aliphatic rings. The van der Waals surface area contributed by atoms with Crippen molar-refractivity contribution in [3.8, 4) is 0 Å². The van der Waals surface area contributed by atoms with Crippen molar-refractivity contribution in [1.29, 1.82) is 0 Å². The lowest BCUT2D eigenvalue weighted by Gasteiger charge is -2.35. The molecule has 0 unspecified atom stereocenters. The highest BCUT2D eigenvalue weighted by Crippen LogP contribution is 2.20. The van der Waals surface area contributed by atoms with Crippen molar-refractivity contribution in [2.75, 3.05) is 31.1 Å². The Morgan fingerprint density at radius 2 is 2.04 bits per heavy atom. The first kappa shape index (κ1) is 16.8. The summed E-state index contributed by atoms with van der Waals surface area (Å²) in [7, 11) is 0. The molecule has 1 saturated heterocycles. The van der Waals surface area contributed by atoms with Gasteiger partial charge in [0.05, 0.1) is 5.02 Å². The maximum atomic E-state index is 12.7. The van der Waals surface area contributed by atoms with Gasteiger partial charge in [-0.05, 0) is 13.8 Å². The van der Waals surface area contributed by atoms with E-state index in [4.69, 9.17) is 11.6 Å². The zero-order chi connectivity index (χ0) is 18.3. The van der Waals surface area contributed by atoms with E-state index in [-0.39, 0.29) is 5.91 Å². The standard InChI is InChI=1S/C16H19ClN8O/c1-3-24-9-12(17)14(21-24)15(26)23-6-4-22(5-7-23)13-8-11(2)20-16-18-10-19-25(13)16/h8-10H,3-7H2,1-2H3. The third-order valence-corrected chi connectivity index (χ3v) is 4.77. The third-order valence-electron chi connectivity index (χ3n) is 4.50. The first-order chi connectivity index (χ1) is 12.6. The summed E-state index contributed by atoms with van der Waals surface area (Å²) in [5.74, 6) is 1.39. The Labute approximate surface area is 155 Å². The number of anilines is 1. The molecule has 0 N–H and O–H groups in total. The Balaban J connectivity index is 1.51. The molecule has 3 aromatic heterocycles. The average Bonchev–Trinajstić information content (AvgIpc) is 3.26. The van der Waals surface area contributed by atoms with E-state index in [0.29, 0.717) is 49.2 Å². The number of rotatable bonds is 3. The van der Waals surface area contributed by atoms with Gasteiger partial charge in [-0.2, -0.15) is 19.7 Å². The van der Waals surface area contributed by atoms with E-state index >= 15 is 0 Å². The Hall–Kier alpha value is -2.68. The molecule has 0 atom stereocenters. The summed E-state index contributed by atoms with van der Waals surface area (Å²) in [6.07, 6.45) is 3.18. The second-order valence-electron chi connectivity index (χ2n) is 6.19. The summed E-state index contributed by atoms with van der Waals surface area (Å²) in [6.45, 7) is 7.13. The molecule has 0 aliphatic carbocycles. The Morgan fingerprint density at radius 1 is 1.27 bits per heavy atom. The van der Waals surface area contributed by atoms with Gasteiger partial charge in [0.1, 0.15) is 12.1 Å². The van der Waals surface area contributed by atoms with Crippen LogP contribution in [0.4, 0.5) is 5.82 Å². The van der Waals surface area contributed by atoms with Crippen molar-refractivity contribution in [2.45, 2.75) is 20.4 Å². The maximum absolute atomic E-state index is 12.7. The average molecular weight is 375 g/mol. The molecule has 0 saturated carbocycles. The van der Waals surface area contributed by atoms with Crippen LogP contribution < -0.4 is 4.90 Å². The predicted octanol–water partition coefficient (Wildman–Crippen LogP) is 1.26. The molecule has 3 aromatic rings. The number of hydrogen-bond acceptors (Lipinski definition) is 6. The summed E-state index contributed by atoms with van der Waals surface area (Å²) in [6, 6.07) is 1.99. The van der Waals surface area contributed by atoms with Crippen molar-refractivity contribution >= 4 is 29.1 Å². The van der Waals surface area contributed by atoms with Crippen molar-refractivity contribution in [1.82, 2.24) is 34.3 Å². The van der Waals surface area contributed by atoms with Crippen LogP contribution >= 0.6 is 11.6 Å². The smallest absolute Gasteiger partial charge is 0.276 e. The third kappa shape index (κ3) is 2.88. The zero-order valence-electron chi connectivity index (χ0n) is 14.6. The predicted molar refractivity (Wildman–Crippen MR) is 96.5 cm³/mol. The molecular formula is C16H19ClN8O. The quantitative estimate of drug-likeness (QED) is 0.686. The molecular weight excluding hydrogens is 356 g/mol. The minimum absolute atomic E-state index is 0.126. The minimum Gasteiger partial charge on any atom is -0.353 e. The SMILES string of the molecule is CCn1cc(Cl)c(C(=O)N2CCN(c3cc(C)nc4ncnn34)CC2)n1. The van der Waals surface area contributed by atoms with Crippen LogP contribution in [0.2, 0.25) is 5.02 Å². The van der Waals surface area contributed by atoms with Crippen LogP contribution in [-0.4, -0.2) is 66.3 Å². The molecule has 1 amide bonds. The van der Waals surface area contributed by atoms with Crippen LogP contribution in [0.5, 0.6) is 0 Å². The molecule has 4 heterocycles. The lowest BCUT2D eigenvalue weighted by atomic mass is 10.2. The van der Waals surface area contributed by atoms with Crippen LogP contribution in [0.25, 0.3) is 5.78 Å². The lowest BCUT2D eigenvalue weighted by molar-refractivity contribution is 0.0739. The van der Waals surface area contributed by atoms with Crippen LogP contribution in [0.15, 0.2) is 18.6 Å². The lowest BCUT2D eigenvalue weighted by Crippen LogP contribution is -2.49. The number of aryl methyl sites for hydroxylation is 2. The van der Waals surface area contributed by atoms with Gasteiger partial charge in [0.15, 0.2) is 5.69 Å². The second kappa shape index (κ2) is 6.56. The largest absolute Gasteiger partial charge is 0.353 e. The van der Waals surface area contributed by atoms with Gasteiger partial charge >= 0.3 is 0 Å². The summed E-state index contributed by atoms with van der Waals surface area (Å²) < 4.78 is 3.40. The number of carbonyl (C=O) groups excluding carboxylic acids is 1. The van der Waals surface area contributed by atoms with Gasteiger partial charge in [-0.3, -0.25) is 9.48 Å². The highest BCUT2D eigenvalue weighted by molar-refractivity contribution is 6.33. The zero-order valence-corrected chi connectivity index (χ0v) is 15.4. The molecule has 0 bridgehead atoms. The van der Waals surface area contributed by atoms with Gasteiger partial charge in [0.25, 0.3) is 11.7 Å². The highest BCUT2D eigenvalue weighted by atomic mass is 35.5. The maximum Gasteiger partial charge on any atom is 0.276 e. The molecule has 4 rings (SSSR count). The number of piperazine rings is 1. The summed E-state index contributed by atoms with van der Waals surface area (Å²) in [5, 5.41) is 8.92. The summed E-state index contributed by atoms with van der Waals surface area (Å²) >= 11 is 6.17. The molecule has 0 aromatic carbocycles. The molecule has 10 heteroatoms. The molecule has 9 nitrogen and oxygen atoms in total. The Kier molecular flexibility index (Phi) is 4.23. The molecule has 0 radical (unpaired) electrons. The van der Waals surface area contributed by atoms with Crippen LogP contribution in [-0.2, 0) is 6.54 Å². The number of amides is 1. The van der Waals surface area contributed by atoms with E-state index in [9.17, 15) is 4.79 Å². The number of aromatic nitrogens is 6. The first-order valence-corrected chi connectivity index (χ1v) is 8.89. The van der Waals surface area contributed by atoms with Crippen molar-refractivity contribution in [3.05, 3.63) is 35.0 Å². The van der Waals surface area contributed by atoms with Crippen LogP contribution in [0, 0.1) is 6.92 Å². The molecule has 136 valence electrons.